The van der Waals surface area contributed by atoms with E-state index >= 15 is 0 Å². The highest BCUT2D eigenvalue weighted by atomic mass is 35.7. The third-order valence-corrected chi connectivity index (χ3v) is 4.58. The quantitative estimate of drug-likeness (QED) is 0.756. The lowest BCUT2D eigenvalue weighted by molar-refractivity contribution is 0.477. The first-order chi connectivity index (χ1) is 9.77. The van der Waals surface area contributed by atoms with Gasteiger partial charge in [-0.25, -0.2) is 8.42 Å². The van der Waals surface area contributed by atoms with Crippen LogP contribution in [0, 0.1) is 6.92 Å². The third kappa shape index (κ3) is 3.99. The average Bonchev–Trinajstić information content (AvgIpc) is 2.40. The van der Waals surface area contributed by atoms with Crippen molar-refractivity contribution in [3.8, 4) is 11.5 Å². The van der Waals surface area contributed by atoms with Crippen molar-refractivity contribution in [2.45, 2.75) is 31.6 Å². The van der Waals surface area contributed by atoms with Crippen LogP contribution in [0.25, 0.3) is 0 Å². The van der Waals surface area contributed by atoms with Crippen molar-refractivity contribution in [1.82, 2.24) is 0 Å². The van der Waals surface area contributed by atoms with Gasteiger partial charge in [0.05, 0.1) is 4.90 Å². The maximum absolute atomic E-state index is 11.2. The van der Waals surface area contributed by atoms with E-state index in [0.717, 1.165) is 11.3 Å². The van der Waals surface area contributed by atoms with Crippen LogP contribution in [0.15, 0.2) is 47.4 Å². The molecule has 0 saturated carbocycles. The van der Waals surface area contributed by atoms with Gasteiger partial charge in [-0.05, 0) is 54.3 Å². The number of rotatable bonds is 4. The molecular formula is C16H17ClO3S. The summed E-state index contributed by atoms with van der Waals surface area (Å²) in [6.07, 6.45) is 0. The zero-order valence-corrected chi connectivity index (χ0v) is 13.7. The Balaban J connectivity index is 2.28. The minimum atomic E-state index is -3.70. The number of halogens is 1. The van der Waals surface area contributed by atoms with Crippen LogP contribution in [0.1, 0.15) is 30.9 Å². The van der Waals surface area contributed by atoms with E-state index in [4.69, 9.17) is 15.4 Å². The summed E-state index contributed by atoms with van der Waals surface area (Å²) in [6.45, 7) is 6.21. The molecule has 2 rings (SSSR count). The zero-order chi connectivity index (χ0) is 15.6. The Morgan fingerprint density at radius 1 is 1.05 bits per heavy atom. The molecule has 0 spiro atoms. The van der Waals surface area contributed by atoms with Gasteiger partial charge in [0.15, 0.2) is 0 Å². The summed E-state index contributed by atoms with van der Waals surface area (Å²) < 4.78 is 28.2. The highest BCUT2D eigenvalue weighted by Gasteiger charge is 2.10. The molecule has 0 saturated heterocycles. The van der Waals surface area contributed by atoms with Crippen molar-refractivity contribution in [2.75, 3.05) is 0 Å². The lowest BCUT2D eigenvalue weighted by Crippen LogP contribution is -1.93. The molecule has 2 aromatic rings. The topological polar surface area (TPSA) is 43.4 Å². The van der Waals surface area contributed by atoms with E-state index < -0.39 is 9.05 Å². The van der Waals surface area contributed by atoms with E-state index in [1.54, 1.807) is 12.1 Å². The van der Waals surface area contributed by atoms with Gasteiger partial charge in [0.2, 0.25) is 0 Å². The molecule has 0 heterocycles. The van der Waals surface area contributed by atoms with Gasteiger partial charge in [-0.3, -0.25) is 0 Å². The normalized spacial score (nSPS) is 11.7. The van der Waals surface area contributed by atoms with Gasteiger partial charge < -0.3 is 4.74 Å². The monoisotopic (exact) mass is 324 g/mol. The molecule has 0 atom stereocenters. The molecule has 0 fully saturated rings. The van der Waals surface area contributed by atoms with E-state index in [-0.39, 0.29) is 4.90 Å². The molecule has 0 aromatic heterocycles. The van der Waals surface area contributed by atoms with Crippen LogP contribution in [0.3, 0.4) is 0 Å². The molecule has 112 valence electrons. The summed E-state index contributed by atoms with van der Waals surface area (Å²) in [5.41, 5.74) is 2.21. The van der Waals surface area contributed by atoms with Gasteiger partial charge in [0.25, 0.3) is 9.05 Å². The van der Waals surface area contributed by atoms with Crippen LogP contribution >= 0.6 is 10.7 Å². The molecule has 5 heteroatoms. The molecule has 0 radical (unpaired) electrons. The van der Waals surface area contributed by atoms with Crippen molar-refractivity contribution in [2.24, 2.45) is 0 Å². The van der Waals surface area contributed by atoms with Crippen molar-refractivity contribution < 1.29 is 13.2 Å². The lowest BCUT2D eigenvalue weighted by Gasteiger charge is -2.12. The minimum absolute atomic E-state index is 0.0594. The van der Waals surface area contributed by atoms with E-state index in [9.17, 15) is 8.42 Å². The van der Waals surface area contributed by atoms with Crippen LogP contribution < -0.4 is 4.74 Å². The predicted octanol–water partition coefficient (Wildman–Crippen LogP) is 4.84. The van der Waals surface area contributed by atoms with E-state index in [0.29, 0.717) is 11.7 Å². The zero-order valence-electron chi connectivity index (χ0n) is 12.1. The molecule has 0 unspecified atom stereocenters. The number of hydrogen-bond donors (Lipinski definition) is 0. The predicted molar refractivity (Wildman–Crippen MR) is 84.8 cm³/mol. The lowest BCUT2D eigenvalue weighted by atomic mass is 10.0. The summed E-state index contributed by atoms with van der Waals surface area (Å²) in [4.78, 5) is 0.0594. The number of hydrogen-bond acceptors (Lipinski definition) is 3. The Morgan fingerprint density at radius 2 is 1.67 bits per heavy atom. The molecule has 0 aliphatic rings. The Bertz CT molecular complexity index is 735. The van der Waals surface area contributed by atoms with Crippen LogP contribution in [0.2, 0.25) is 0 Å². The minimum Gasteiger partial charge on any atom is -0.457 e. The fraction of sp³-hybridized carbons (Fsp3) is 0.250. The average molecular weight is 325 g/mol. The van der Waals surface area contributed by atoms with Crippen molar-refractivity contribution in [3.63, 3.8) is 0 Å². The van der Waals surface area contributed by atoms with Crippen LogP contribution in [0.5, 0.6) is 11.5 Å². The fourth-order valence-corrected chi connectivity index (χ4v) is 2.65. The standard InChI is InChI=1S/C16H17ClO3S/c1-11(2)13-5-4-12(3)16(10-13)20-14-6-8-15(9-7-14)21(17,18)19/h4-11H,1-3H3. The molecular weight excluding hydrogens is 308 g/mol. The second kappa shape index (κ2) is 6.08. The van der Waals surface area contributed by atoms with Gasteiger partial charge >= 0.3 is 0 Å². The number of benzene rings is 2. The van der Waals surface area contributed by atoms with Gasteiger partial charge in [0, 0.05) is 10.7 Å². The van der Waals surface area contributed by atoms with Gasteiger partial charge in [-0.15, -0.1) is 0 Å². The van der Waals surface area contributed by atoms with Crippen LogP contribution in [0.4, 0.5) is 0 Å². The molecule has 0 aliphatic heterocycles. The number of ether oxygens (including phenoxy) is 1. The van der Waals surface area contributed by atoms with E-state index in [1.807, 2.05) is 19.1 Å². The summed E-state index contributed by atoms with van der Waals surface area (Å²) in [5.74, 6) is 1.75. The molecule has 0 amide bonds. The van der Waals surface area contributed by atoms with Crippen molar-refractivity contribution in [3.05, 3.63) is 53.6 Å². The van der Waals surface area contributed by atoms with Crippen molar-refractivity contribution in [1.29, 1.82) is 0 Å². The van der Waals surface area contributed by atoms with Gasteiger partial charge in [-0.1, -0.05) is 26.0 Å². The Morgan fingerprint density at radius 3 is 2.19 bits per heavy atom. The molecule has 2 aromatic carbocycles. The summed E-state index contributed by atoms with van der Waals surface area (Å²) in [7, 11) is 1.58. The maximum Gasteiger partial charge on any atom is 0.261 e. The number of aryl methyl sites for hydroxylation is 1. The molecule has 0 aliphatic carbocycles. The largest absolute Gasteiger partial charge is 0.457 e. The highest BCUT2D eigenvalue weighted by molar-refractivity contribution is 8.13. The van der Waals surface area contributed by atoms with Gasteiger partial charge in [0.1, 0.15) is 11.5 Å². The first kappa shape index (κ1) is 15.9. The van der Waals surface area contributed by atoms with Gasteiger partial charge in [-0.2, -0.15) is 0 Å². The Kier molecular flexibility index (Phi) is 4.59. The molecule has 0 bridgehead atoms. The molecule has 0 N–H and O–H groups in total. The summed E-state index contributed by atoms with van der Waals surface area (Å²) >= 11 is 0. The van der Waals surface area contributed by atoms with Crippen molar-refractivity contribution >= 4 is 19.7 Å². The smallest absolute Gasteiger partial charge is 0.261 e. The Hall–Kier alpha value is -1.52. The summed E-state index contributed by atoms with van der Waals surface area (Å²) in [6, 6.07) is 12.1. The second-order valence-corrected chi connectivity index (χ2v) is 7.76. The summed E-state index contributed by atoms with van der Waals surface area (Å²) in [5, 5.41) is 0. The second-order valence-electron chi connectivity index (χ2n) is 5.19. The molecule has 3 nitrogen and oxygen atoms in total. The highest BCUT2D eigenvalue weighted by Crippen LogP contribution is 2.29. The molecule has 21 heavy (non-hydrogen) atoms. The SMILES string of the molecule is Cc1ccc(C(C)C)cc1Oc1ccc(S(=O)(=O)Cl)cc1. The first-order valence-electron chi connectivity index (χ1n) is 6.60. The first-order valence-corrected chi connectivity index (χ1v) is 8.91. The van der Waals surface area contributed by atoms with Crippen LogP contribution in [-0.4, -0.2) is 8.42 Å². The van der Waals surface area contributed by atoms with E-state index in [2.05, 4.69) is 19.9 Å². The fourth-order valence-electron chi connectivity index (χ4n) is 1.88. The van der Waals surface area contributed by atoms with E-state index in [1.165, 1.54) is 17.7 Å². The third-order valence-electron chi connectivity index (χ3n) is 3.21. The van der Waals surface area contributed by atoms with Crippen LogP contribution in [-0.2, 0) is 9.05 Å². The Labute approximate surface area is 129 Å². The maximum atomic E-state index is 11.2.